The predicted octanol–water partition coefficient (Wildman–Crippen LogP) is 3.07. The molecule has 0 unspecified atom stereocenters. The molecule has 1 heterocycles. The maximum absolute atomic E-state index is 12.4. The Morgan fingerprint density at radius 3 is 2.46 bits per heavy atom. The number of ether oxygens (including phenoxy) is 1. The van der Waals surface area contributed by atoms with Gasteiger partial charge in [0.05, 0.1) is 0 Å². The van der Waals surface area contributed by atoms with Gasteiger partial charge in [-0.15, -0.1) is 13.2 Å². The van der Waals surface area contributed by atoms with Crippen LogP contribution in [0, 0.1) is 0 Å². The molecule has 134 valence electrons. The molecule has 1 saturated heterocycles. The molecule has 1 aromatic rings. The van der Waals surface area contributed by atoms with Crippen LogP contribution in [0.3, 0.4) is 0 Å². The molecular weight excluding hydrogens is 321 g/mol. The molecule has 4 nitrogen and oxygen atoms in total. The van der Waals surface area contributed by atoms with E-state index in [2.05, 4.69) is 9.64 Å². The zero-order valence-corrected chi connectivity index (χ0v) is 14.0. The highest BCUT2D eigenvalue weighted by atomic mass is 19.4. The summed E-state index contributed by atoms with van der Waals surface area (Å²) in [5, 5.41) is 0. The van der Waals surface area contributed by atoms with E-state index >= 15 is 0 Å². The number of aryl methyl sites for hydroxylation is 1. The Hall–Kier alpha value is -1.76. The van der Waals surface area contributed by atoms with Gasteiger partial charge in [0.25, 0.3) is 0 Å². The summed E-state index contributed by atoms with van der Waals surface area (Å²) in [6, 6.07) is 6.45. The molecule has 1 aliphatic heterocycles. The van der Waals surface area contributed by atoms with Gasteiger partial charge in [-0.2, -0.15) is 0 Å². The standard InChI is InChI=1S/C17H23F3N2O2/c1-21(2)14-9-11-22(12-10-14)16(23)8-7-13-5-3-4-6-15(13)24-17(18,19)20/h3-6,14H,7-12H2,1-2H3. The van der Waals surface area contributed by atoms with Crippen molar-refractivity contribution in [1.29, 1.82) is 0 Å². The van der Waals surface area contributed by atoms with Crippen LogP contribution in [-0.2, 0) is 11.2 Å². The molecule has 2 rings (SSSR count). The number of piperidine rings is 1. The van der Waals surface area contributed by atoms with Crippen molar-refractivity contribution in [2.75, 3.05) is 27.2 Å². The molecule has 0 N–H and O–H groups in total. The summed E-state index contributed by atoms with van der Waals surface area (Å²) in [6.07, 6.45) is -2.46. The van der Waals surface area contributed by atoms with Gasteiger partial charge in [-0.3, -0.25) is 4.79 Å². The van der Waals surface area contributed by atoms with Crippen LogP contribution in [0.1, 0.15) is 24.8 Å². The van der Waals surface area contributed by atoms with E-state index in [0.29, 0.717) is 24.7 Å². The number of benzene rings is 1. The van der Waals surface area contributed by atoms with Crippen LogP contribution < -0.4 is 4.74 Å². The number of carbonyl (C=O) groups excluding carboxylic acids is 1. The van der Waals surface area contributed by atoms with E-state index in [4.69, 9.17) is 0 Å². The minimum Gasteiger partial charge on any atom is -0.406 e. The molecule has 24 heavy (non-hydrogen) atoms. The van der Waals surface area contributed by atoms with Crippen molar-refractivity contribution in [3.05, 3.63) is 29.8 Å². The summed E-state index contributed by atoms with van der Waals surface area (Å²) in [7, 11) is 4.06. The Labute approximate surface area is 140 Å². The van der Waals surface area contributed by atoms with Crippen molar-refractivity contribution in [3.63, 3.8) is 0 Å². The molecular formula is C17H23F3N2O2. The number of rotatable bonds is 5. The highest BCUT2D eigenvalue weighted by Crippen LogP contribution is 2.27. The first-order valence-electron chi connectivity index (χ1n) is 8.04. The molecule has 0 saturated carbocycles. The minimum atomic E-state index is -4.73. The number of hydrogen-bond acceptors (Lipinski definition) is 3. The summed E-state index contributed by atoms with van der Waals surface area (Å²) < 4.78 is 41.3. The SMILES string of the molecule is CN(C)C1CCN(C(=O)CCc2ccccc2OC(F)(F)F)CC1. The van der Waals surface area contributed by atoms with Crippen LogP contribution >= 0.6 is 0 Å². The van der Waals surface area contributed by atoms with Crippen molar-refractivity contribution < 1.29 is 22.7 Å². The fraction of sp³-hybridized carbons (Fsp3) is 0.588. The van der Waals surface area contributed by atoms with Crippen LogP contribution in [-0.4, -0.2) is 55.3 Å². The zero-order valence-electron chi connectivity index (χ0n) is 14.0. The zero-order chi connectivity index (χ0) is 17.7. The monoisotopic (exact) mass is 344 g/mol. The minimum absolute atomic E-state index is 0.0194. The van der Waals surface area contributed by atoms with E-state index in [9.17, 15) is 18.0 Å². The number of para-hydroxylation sites is 1. The molecule has 1 amide bonds. The number of hydrogen-bond donors (Lipinski definition) is 0. The largest absolute Gasteiger partial charge is 0.573 e. The summed E-state index contributed by atoms with van der Waals surface area (Å²) in [5.41, 5.74) is 0.395. The molecule has 7 heteroatoms. The summed E-state index contributed by atoms with van der Waals surface area (Å²) >= 11 is 0. The van der Waals surface area contributed by atoms with Gasteiger partial charge in [-0.1, -0.05) is 18.2 Å². The average Bonchev–Trinajstić information content (AvgIpc) is 2.52. The number of amides is 1. The predicted molar refractivity (Wildman–Crippen MR) is 84.7 cm³/mol. The molecule has 1 fully saturated rings. The lowest BCUT2D eigenvalue weighted by Crippen LogP contribution is -2.44. The lowest BCUT2D eigenvalue weighted by molar-refractivity contribution is -0.274. The lowest BCUT2D eigenvalue weighted by Gasteiger charge is -2.35. The van der Waals surface area contributed by atoms with Crippen LogP contribution in [0.4, 0.5) is 13.2 Å². The van der Waals surface area contributed by atoms with Gasteiger partial charge < -0.3 is 14.5 Å². The van der Waals surface area contributed by atoms with E-state index < -0.39 is 6.36 Å². The number of nitrogens with zero attached hydrogens (tertiary/aromatic N) is 2. The van der Waals surface area contributed by atoms with Crippen LogP contribution in [0.15, 0.2) is 24.3 Å². The highest BCUT2D eigenvalue weighted by molar-refractivity contribution is 5.76. The van der Waals surface area contributed by atoms with Crippen LogP contribution in [0.5, 0.6) is 5.75 Å². The Morgan fingerprint density at radius 2 is 1.88 bits per heavy atom. The normalized spacial score (nSPS) is 16.5. The Morgan fingerprint density at radius 1 is 1.25 bits per heavy atom. The Bertz CT molecular complexity index is 553. The van der Waals surface area contributed by atoms with Gasteiger partial charge in [0.1, 0.15) is 5.75 Å². The van der Waals surface area contributed by atoms with Gasteiger partial charge in [0.15, 0.2) is 0 Å². The molecule has 0 radical (unpaired) electrons. The first-order valence-corrected chi connectivity index (χ1v) is 8.04. The summed E-state index contributed by atoms with van der Waals surface area (Å²) in [4.78, 5) is 16.3. The highest BCUT2D eigenvalue weighted by Gasteiger charge is 2.32. The van der Waals surface area contributed by atoms with Crippen molar-refractivity contribution >= 4 is 5.91 Å². The van der Waals surface area contributed by atoms with Crippen molar-refractivity contribution in [2.24, 2.45) is 0 Å². The van der Waals surface area contributed by atoms with Gasteiger partial charge in [-0.05, 0) is 45.0 Å². The van der Waals surface area contributed by atoms with Crippen molar-refractivity contribution in [3.8, 4) is 5.75 Å². The molecule has 0 aromatic heterocycles. The smallest absolute Gasteiger partial charge is 0.406 e. The molecule has 0 bridgehead atoms. The number of halogens is 3. The third-order valence-corrected chi connectivity index (χ3v) is 4.35. The summed E-state index contributed by atoms with van der Waals surface area (Å²) in [6.45, 7) is 1.39. The second-order valence-electron chi connectivity index (χ2n) is 6.23. The topological polar surface area (TPSA) is 32.8 Å². The van der Waals surface area contributed by atoms with E-state index in [1.54, 1.807) is 17.0 Å². The van der Waals surface area contributed by atoms with E-state index in [-0.39, 0.29) is 24.5 Å². The fourth-order valence-electron chi connectivity index (χ4n) is 2.97. The third-order valence-electron chi connectivity index (χ3n) is 4.35. The molecule has 1 aromatic carbocycles. The first kappa shape index (κ1) is 18.6. The van der Waals surface area contributed by atoms with E-state index in [1.807, 2.05) is 14.1 Å². The molecule has 1 aliphatic rings. The van der Waals surface area contributed by atoms with Crippen molar-refractivity contribution in [1.82, 2.24) is 9.80 Å². The second kappa shape index (κ2) is 7.88. The molecule has 0 atom stereocenters. The fourth-order valence-corrected chi connectivity index (χ4v) is 2.97. The van der Waals surface area contributed by atoms with Crippen LogP contribution in [0.25, 0.3) is 0 Å². The quantitative estimate of drug-likeness (QED) is 0.823. The number of alkyl halides is 3. The van der Waals surface area contributed by atoms with Crippen LogP contribution in [0.2, 0.25) is 0 Å². The second-order valence-corrected chi connectivity index (χ2v) is 6.23. The molecule has 0 aliphatic carbocycles. The Balaban J connectivity index is 1.89. The third kappa shape index (κ3) is 5.40. The van der Waals surface area contributed by atoms with Gasteiger partial charge in [-0.25, -0.2) is 0 Å². The molecule has 0 spiro atoms. The first-order chi connectivity index (χ1) is 11.3. The van der Waals surface area contributed by atoms with Gasteiger partial charge in [0, 0.05) is 25.6 Å². The average molecular weight is 344 g/mol. The van der Waals surface area contributed by atoms with Crippen molar-refractivity contribution in [2.45, 2.75) is 38.1 Å². The lowest BCUT2D eigenvalue weighted by atomic mass is 10.0. The summed E-state index contributed by atoms with van der Waals surface area (Å²) in [5.74, 6) is -0.252. The maximum atomic E-state index is 12.4. The van der Waals surface area contributed by atoms with E-state index in [0.717, 1.165) is 12.8 Å². The van der Waals surface area contributed by atoms with Gasteiger partial charge >= 0.3 is 6.36 Å². The number of carbonyl (C=O) groups is 1. The van der Waals surface area contributed by atoms with E-state index in [1.165, 1.54) is 12.1 Å². The Kier molecular flexibility index (Phi) is 6.10. The maximum Gasteiger partial charge on any atom is 0.573 e. The number of likely N-dealkylation sites (tertiary alicyclic amines) is 1. The van der Waals surface area contributed by atoms with Gasteiger partial charge in [0.2, 0.25) is 5.91 Å².